The molecule has 1 aromatic rings. The SMILES string of the molecule is CCOCCCNCc1ccccc1Br. The molecule has 0 aliphatic carbocycles. The van der Waals surface area contributed by atoms with E-state index in [9.17, 15) is 0 Å². The summed E-state index contributed by atoms with van der Waals surface area (Å²) in [6.07, 6.45) is 1.07. The molecule has 3 heteroatoms. The lowest BCUT2D eigenvalue weighted by atomic mass is 10.2. The fraction of sp³-hybridized carbons (Fsp3) is 0.500. The summed E-state index contributed by atoms with van der Waals surface area (Å²) in [6, 6.07) is 8.28. The van der Waals surface area contributed by atoms with Crippen molar-refractivity contribution in [1.82, 2.24) is 5.32 Å². The molecule has 0 radical (unpaired) electrons. The van der Waals surface area contributed by atoms with Gasteiger partial charge in [0.1, 0.15) is 0 Å². The molecule has 1 aromatic carbocycles. The molecule has 0 atom stereocenters. The maximum absolute atomic E-state index is 5.26. The summed E-state index contributed by atoms with van der Waals surface area (Å²) in [5.41, 5.74) is 1.30. The van der Waals surface area contributed by atoms with E-state index in [4.69, 9.17) is 4.74 Å². The van der Waals surface area contributed by atoms with Gasteiger partial charge in [-0.3, -0.25) is 0 Å². The van der Waals surface area contributed by atoms with Crippen LogP contribution < -0.4 is 5.32 Å². The molecular formula is C12H18BrNO. The van der Waals surface area contributed by atoms with E-state index in [0.717, 1.165) is 32.7 Å². The molecule has 84 valence electrons. The van der Waals surface area contributed by atoms with Crippen LogP contribution in [0.5, 0.6) is 0 Å². The van der Waals surface area contributed by atoms with E-state index in [2.05, 4.69) is 39.4 Å². The first-order valence-corrected chi connectivity index (χ1v) is 6.15. The van der Waals surface area contributed by atoms with Gasteiger partial charge in [0, 0.05) is 24.2 Å². The Bertz CT molecular complexity index is 278. The number of hydrogen-bond donors (Lipinski definition) is 1. The molecule has 1 N–H and O–H groups in total. The molecule has 0 unspecified atom stereocenters. The third kappa shape index (κ3) is 5.30. The average molecular weight is 272 g/mol. The Morgan fingerprint density at radius 2 is 2.13 bits per heavy atom. The molecule has 1 rings (SSSR count). The van der Waals surface area contributed by atoms with E-state index in [1.807, 2.05) is 13.0 Å². The summed E-state index contributed by atoms with van der Waals surface area (Å²) in [7, 11) is 0. The molecule has 0 spiro atoms. The zero-order valence-corrected chi connectivity index (χ0v) is 10.7. The van der Waals surface area contributed by atoms with Crippen molar-refractivity contribution in [2.24, 2.45) is 0 Å². The third-order valence-electron chi connectivity index (χ3n) is 2.12. The number of halogens is 1. The van der Waals surface area contributed by atoms with Crippen molar-refractivity contribution in [2.45, 2.75) is 19.9 Å². The second-order valence-corrected chi connectivity index (χ2v) is 4.17. The van der Waals surface area contributed by atoms with Gasteiger partial charge in [0.2, 0.25) is 0 Å². The fourth-order valence-corrected chi connectivity index (χ4v) is 1.73. The molecule has 0 aliphatic heterocycles. The second kappa shape index (κ2) is 7.85. The number of benzene rings is 1. The van der Waals surface area contributed by atoms with Gasteiger partial charge < -0.3 is 10.1 Å². The van der Waals surface area contributed by atoms with Crippen LogP contribution in [0.2, 0.25) is 0 Å². The number of rotatable bonds is 7. The maximum Gasteiger partial charge on any atom is 0.0477 e. The zero-order valence-electron chi connectivity index (χ0n) is 9.13. The highest BCUT2D eigenvalue weighted by atomic mass is 79.9. The van der Waals surface area contributed by atoms with Crippen molar-refractivity contribution >= 4 is 15.9 Å². The van der Waals surface area contributed by atoms with Crippen LogP contribution in [-0.4, -0.2) is 19.8 Å². The van der Waals surface area contributed by atoms with Crippen molar-refractivity contribution in [3.8, 4) is 0 Å². The number of hydrogen-bond acceptors (Lipinski definition) is 2. The van der Waals surface area contributed by atoms with Gasteiger partial charge >= 0.3 is 0 Å². The molecule has 2 nitrogen and oxygen atoms in total. The van der Waals surface area contributed by atoms with Crippen molar-refractivity contribution < 1.29 is 4.74 Å². The van der Waals surface area contributed by atoms with Crippen molar-refractivity contribution in [2.75, 3.05) is 19.8 Å². The van der Waals surface area contributed by atoms with E-state index < -0.39 is 0 Å². The summed E-state index contributed by atoms with van der Waals surface area (Å²) < 4.78 is 6.43. The number of ether oxygens (including phenoxy) is 1. The lowest BCUT2D eigenvalue weighted by molar-refractivity contribution is 0.144. The Balaban J connectivity index is 2.12. The quantitative estimate of drug-likeness (QED) is 0.770. The molecule has 0 saturated heterocycles. The highest BCUT2D eigenvalue weighted by Crippen LogP contribution is 2.15. The minimum Gasteiger partial charge on any atom is -0.382 e. The lowest BCUT2D eigenvalue weighted by Crippen LogP contribution is -2.16. The summed E-state index contributed by atoms with van der Waals surface area (Å²) >= 11 is 3.53. The highest BCUT2D eigenvalue weighted by Gasteiger charge is 1.96. The monoisotopic (exact) mass is 271 g/mol. The lowest BCUT2D eigenvalue weighted by Gasteiger charge is -2.06. The van der Waals surface area contributed by atoms with Crippen LogP contribution in [0.1, 0.15) is 18.9 Å². The maximum atomic E-state index is 5.26. The van der Waals surface area contributed by atoms with Gasteiger partial charge in [-0.2, -0.15) is 0 Å². The zero-order chi connectivity index (χ0) is 10.9. The molecule has 0 saturated carbocycles. The first kappa shape index (κ1) is 12.7. The predicted octanol–water partition coefficient (Wildman–Crippen LogP) is 2.97. The fourth-order valence-electron chi connectivity index (χ4n) is 1.31. The molecule has 0 amide bonds. The summed E-state index contributed by atoms with van der Waals surface area (Å²) in [4.78, 5) is 0. The van der Waals surface area contributed by atoms with Crippen LogP contribution >= 0.6 is 15.9 Å². The molecular weight excluding hydrogens is 254 g/mol. The topological polar surface area (TPSA) is 21.3 Å². The van der Waals surface area contributed by atoms with Gasteiger partial charge in [-0.15, -0.1) is 0 Å². The summed E-state index contributed by atoms with van der Waals surface area (Å²) in [6.45, 7) is 5.59. The smallest absolute Gasteiger partial charge is 0.0477 e. The molecule has 0 aliphatic rings. The molecule has 0 bridgehead atoms. The Kier molecular flexibility index (Phi) is 6.64. The van der Waals surface area contributed by atoms with Gasteiger partial charge in [-0.1, -0.05) is 34.1 Å². The highest BCUT2D eigenvalue weighted by molar-refractivity contribution is 9.10. The van der Waals surface area contributed by atoms with Gasteiger partial charge in [0.25, 0.3) is 0 Å². The molecule has 15 heavy (non-hydrogen) atoms. The average Bonchev–Trinajstić information content (AvgIpc) is 2.25. The van der Waals surface area contributed by atoms with E-state index in [1.165, 1.54) is 10.0 Å². The summed E-state index contributed by atoms with van der Waals surface area (Å²) in [5.74, 6) is 0. The predicted molar refractivity (Wildman–Crippen MR) is 67.0 cm³/mol. The van der Waals surface area contributed by atoms with Crippen molar-refractivity contribution in [3.05, 3.63) is 34.3 Å². The first-order valence-electron chi connectivity index (χ1n) is 5.36. The van der Waals surface area contributed by atoms with Crippen molar-refractivity contribution in [1.29, 1.82) is 0 Å². The Labute approximate surface area is 100 Å². The summed E-state index contributed by atoms with van der Waals surface area (Å²) in [5, 5.41) is 3.39. The van der Waals surface area contributed by atoms with Crippen molar-refractivity contribution in [3.63, 3.8) is 0 Å². The van der Waals surface area contributed by atoms with Crippen LogP contribution in [-0.2, 0) is 11.3 Å². The van der Waals surface area contributed by atoms with Crippen LogP contribution in [0, 0.1) is 0 Å². The Hall–Kier alpha value is -0.380. The molecule has 0 heterocycles. The van der Waals surface area contributed by atoms with Gasteiger partial charge in [0.05, 0.1) is 0 Å². The van der Waals surface area contributed by atoms with E-state index in [0.29, 0.717) is 0 Å². The van der Waals surface area contributed by atoms with Crippen LogP contribution in [0.3, 0.4) is 0 Å². The van der Waals surface area contributed by atoms with Crippen LogP contribution in [0.25, 0.3) is 0 Å². The minimum absolute atomic E-state index is 0.810. The molecule has 0 fully saturated rings. The first-order chi connectivity index (χ1) is 7.34. The minimum atomic E-state index is 0.810. The van der Waals surface area contributed by atoms with Gasteiger partial charge in [-0.05, 0) is 31.5 Å². The van der Waals surface area contributed by atoms with E-state index >= 15 is 0 Å². The van der Waals surface area contributed by atoms with Crippen LogP contribution in [0.4, 0.5) is 0 Å². The van der Waals surface area contributed by atoms with E-state index in [-0.39, 0.29) is 0 Å². The van der Waals surface area contributed by atoms with Gasteiger partial charge in [-0.25, -0.2) is 0 Å². The normalized spacial score (nSPS) is 10.5. The molecule has 0 aromatic heterocycles. The van der Waals surface area contributed by atoms with E-state index in [1.54, 1.807) is 0 Å². The van der Waals surface area contributed by atoms with Crippen LogP contribution in [0.15, 0.2) is 28.7 Å². The number of nitrogens with one attached hydrogen (secondary N) is 1. The largest absolute Gasteiger partial charge is 0.382 e. The second-order valence-electron chi connectivity index (χ2n) is 3.32. The Morgan fingerprint density at radius 3 is 2.87 bits per heavy atom. The standard InChI is InChI=1S/C12H18BrNO/c1-2-15-9-5-8-14-10-11-6-3-4-7-12(11)13/h3-4,6-7,14H,2,5,8-10H2,1H3. The Morgan fingerprint density at radius 1 is 1.33 bits per heavy atom. The van der Waals surface area contributed by atoms with Gasteiger partial charge in [0.15, 0.2) is 0 Å². The third-order valence-corrected chi connectivity index (χ3v) is 2.89.